The number of rotatable bonds is 3. The molecule has 0 aromatic heterocycles. The second kappa shape index (κ2) is 4.24. The Hall–Kier alpha value is -1.35. The van der Waals surface area contributed by atoms with Crippen LogP contribution in [0, 0.1) is 0 Å². The minimum absolute atomic E-state index is 0.283. The highest BCUT2D eigenvalue weighted by Crippen LogP contribution is 2.22. The van der Waals surface area contributed by atoms with Gasteiger partial charge >= 0.3 is 5.97 Å². The van der Waals surface area contributed by atoms with Crippen molar-refractivity contribution in [3.63, 3.8) is 0 Å². The molecule has 0 saturated heterocycles. The van der Waals surface area contributed by atoms with E-state index in [2.05, 4.69) is 0 Å². The summed E-state index contributed by atoms with van der Waals surface area (Å²) in [6, 6.07) is 4.61. The number of aliphatic carboxylic acids is 1. The van der Waals surface area contributed by atoms with Crippen LogP contribution in [0.5, 0.6) is 0 Å². The van der Waals surface area contributed by atoms with E-state index in [9.17, 15) is 9.59 Å². The number of aldehydes is 1. The van der Waals surface area contributed by atoms with E-state index >= 15 is 0 Å². The van der Waals surface area contributed by atoms with Crippen LogP contribution in [0.4, 0.5) is 0 Å². The monoisotopic (exact) mass is 212 g/mol. The molecule has 0 heterocycles. The molecule has 1 N–H and O–H groups in total. The van der Waals surface area contributed by atoms with Crippen molar-refractivity contribution in [2.75, 3.05) is 0 Å². The van der Waals surface area contributed by atoms with Crippen LogP contribution < -0.4 is 0 Å². The zero-order valence-corrected chi connectivity index (χ0v) is 8.28. The van der Waals surface area contributed by atoms with E-state index in [0.717, 1.165) is 0 Å². The SMILES string of the molecule is CC(C(=O)O)c1ccc(C=O)c(Cl)c1. The zero-order valence-electron chi connectivity index (χ0n) is 7.53. The Morgan fingerprint density at radius 3 is 2.64 bits per heavy atom. The molecule has 3 nitrogen and oxygen atoms in total. The summed E-state index contributed by atoms with van der Waals surface area (Å²) in [6.07, 6.45) is 0.636. The van der Waals surface area contributed by atoms with E-state index in [1.54, 1.807) is 13.0 Å². The van der Waals surface area contributed by atoms with E-state index in [1.165, 1.54) is 12.1 Å². The average molecular weight is 213 g/mol. The summed E-state index contributed by atoms with van der Waals surface area (Å²) in [5.74, 6) is -1.53. The molecule has 14 heavy (non-hydrogen) atoms. The minimum Gasteiger partial charge on any atom is -0.481 e. The number of carbonyl (C=O) groups is 2. The van der Waals surface area contributed by atoms with Gasteiger partial charge in [-0.25, -0.2) is 0 Å². The normalized spacial score (nSPS) is 12.1. The Morgan fingerprint density at radius 1 is 1.57 bits per heavy atom. The molecule has 1 atom stereocenters. The van der Waals surface area contributed by atoms with Crippen LogP contribution in [0.3, 0.4) is 0 Å². The van der Waals surface area contributed by atoms with E-state index < -0.39 is 11.9 Å². The first-order chi connectivity index (χ1) is 6.56. The molecule has 0 amide bonds. The number of hydrogen-bond donors (Lipinski definition) is 1. The molecule has 0 bridgehead atoms. The van der Waals surface area contributed by atoms with Gasteiger partial charge in [0.25, 0.3) is 0 Å². The van der Waals surface area contributed by atoms with Crippen molar-refractivity contribution in [3.8, 4) is 0 Å². The number of carboxylic acids is 1. The van der Waals surface area contributed by atoms with Crippen LogP contribution in [0.15, 0.2) is 18.2 Å². The summed E-state index contributed by atoms with van der Waals surface area (Å²) in [7, 11) is 0. The predicted octanol–water partition coefficient (Wildman–Crippen LogP) is 2.34. The van der Waals surface area contributed by atoms with Crippen LogP contribution in [0.2, 0.25) is 5.02 Å². The lowest BCUT2D eigenvalue weighted by Gasteiger charge is -2.07. The first-order valence-corrected chi connectivity index (χ1v) is 4.41. The molecule has 74 valence electrons. The molecule has 0 spiro atoms. The largest absolute Gasteiger partial charge is 0.481 e. The number of benzene rings is 1. The molecule has 1 aromatic rings. The lowest BCUT2D eigenvalue weighted by atomic mass is 10.0. The van der Waals surface area contributed by atoms with Crippen molar-refractivity contribution >= 4 is 23.9 Å². The summed E-state index contributed by atoms with van der Waals surface area (Å²) in [5.41, 5.74) is 0.959. The number of carboxylic acid groups (broad SMARTS) is 1. The van der Waals surface area contributed by atoms with Crippen LogP contribution in [0.25, 0.3) is 0 Å². The Kier molecular flexibility index (Phi) is 3.25. The summed E-state index contributed by atoms with van der Waals surface area (Å²) >= 11 is 5.75. The highest BCUT2D eigenvalue weighted by Gasteiger charge is 2.14. The summed E-state index contributed by atoms with van der Waals surface area (Å²) < 4.78 is 0. The van der Waals surface area contributed by atoms with Crippen molar-refractivity contribution in [2.45, 2.75) is 12.8 Å². The van der Waals surface area contributed by atoms with Gasteiger partial charge in [-0.1, -0.05) is 17.7 Å². The topological polar surface area (TPSA) is 54.4 Å². The fourth-order valence-electron chi connectivity index (χ4n) is 1.05. The van der Waals surface area contributed by atoms with Gasteiger partial charge in [-0.2, -0.15) is 0 Å². The molecule has 1 aromatic carbocycles. The highest BCUT2D eigenvalue weighted by atomic mass is 35.5. The van der Waals surface area contributed by atoms with Crippen LogP contribution >= 0.6 is 11.6 Å². The van der Waals surface area contributed by atoms with Crippen molar-refractivity contribution in [3.05, 3.63) is 34.3 Å². The molecule has 4 heteroatoms. The summed E-state index contributed by atoms with van der Waals surface area (Å²) in [4.78, 5) is 21.1. The van der Waals surface area contributed by atoms with Gasteiger partial charge in [0, 0.05) is 5.56 Å². The van der Waals surface area contributed by atoms with E-state index in [-0.39, 0.29) is 5.02 Å². The Labute approximate surface area is 86.3 Å². The molecule has 0 radical (unpaired) electrons. The van der Waals surface area contributed by atoms with Gasteiger partial charge in [-0.3, -0.25) is 9.59 Å². The predicted molar refractivity (Wildman–Crippen MR) is 52.9 cm³/mol. The van der Waals surface area contributed by atoms with Crippen molar-refractivity contribution in [2.24, 2.45) is 0 Å². The minimum atomic E-state index is -0.917. The number of halogens is 1. The third-order valence-electron chi connectivity index (χ3n) is 2.02. The Morgan fingerprint density at radius 2 is 2.21 bits per heavy atom. The van der Waals surface area contributed by atoms with Gasteiger partial charge in [0.2, 0.25) is 0 Å². The highest BCUT2D eigenvalue weighted by molar-refractivity contribution is 6.33. The molecule has 0 saturated carbocycles. The third kappa shape index (κ3) is 2.12. The second-order valence-corrected chi connectivity index (χ2v) is 3.37. The van der Waals surface area contributed by atoms with Gasteiger partial charge in [-0.15, -0.1) is 0 Å². The van der Waals surface area contributed by atoms with E-state index in [4.69, 9.17) is 16.7 Å². The van der Waals surface area contributed by atoms with Gasteiger partial charge in [-0.05, 0) is 24.6 Å². The molecular weight excluding hydrogens is 204 g/mol. The maximum atomic E-state index is 10.7. The van der Waals surface area contributed by atoms with E-state index in [0.29, 0.717) is 17.4 Å². The van der Waals surface area contributed by atoms with Crippen molar-refractivity contribution in [1.82, 2.24) is 0 Å². The maximum absolute atomic E-state index is 10.7. The van der Waals surface area contributed by atoms with Gasteiger partial charge in [0.1, 0.15) is 0 Å². The second-order valence-electron chi connectivity index (χ2n) is 2.96. The molecular formula is C10H9ClO3. The molecule has 0 aliphatic heterocycles. The van der Waals surface area contributed by atoms with Crippen molar-refractivity contribution < 1.29 is 14.7 Å². The lowest BCUT2D eigenvalue weighted by Crippen LogP contribution is -2.07. The first kappa shape index (κ1) is 10.7. The zero-order chi connectivity index (χ0) is 10.7. The molecule has 1 unspecified atom stereocenters. The van der Waals surface area contributed by atoms with Crippen LogP contribution in [-0.4, -0.2) is 17.4 Å². The van der Waals surface area contributed by atoms with E-state index in [1.807, 2.05) is 0 Å². The first-order valence-electron chi connectivity index (χ1n) is 4.03. The third-order valence-corrected chi connectivity index (χ3v) is 2.35. The van der Waals surface area contributed by atoms with Gasteiger partial charge in [0.15, 0.2) is 6.29 Å². The molecule has 0 aliphatic carbocycles. The summed E-state index contributed by atoms with van der Waals surface area (Å²) in [5, 5.41) is 9.02. The quantitative estimate of drug-likeness (QED) is 0.783. The smallest absolute Gasteiger partial charge is 0.310 e. The lowest BCUT2D eigenvalue weighted by molar-refractivity contribution is -0.138. The van der Waals surface area contributed by atoms with Crippen LogP contribution in [-0.2, 0) is 4.79 Å². The van der Waals surface area contributed by atoms with Gasteiger partial charge < -0.3 is 5.11 Å². The number of carbonyl (C=O) groups excluding carboxylic acids is 1. The Balaban J connectivity index is 3.08. The summed E-state index contributed by atoms with van der Waals surface area (Å²) in [6.45, 7) is 1.56. The molecule has 1 rings (SSSR count). The van der Waals surface area contributed by atoms with Gasteiger partial charge in [0.05, 0.1) is 10.9 Å². The van der Waals surface area contributed by atoms with Crippen LogP contribution in [0.1, 0.15) is 28.8 Å². The standard InChI is InChI=1S/C10H9ClO3/c1-6(10(13)14)7-2-3-8(5-12)9(11)4-7/h2-6H,1H3,(H,13,14). The number of hydrogen-bond acceptors (Lipinski definition) is 2. The van der Waals surface area contributed by atoms with Crippen molar-refractivity contribution in [1.29, 1.82) is 0 Å². The average Bonchev–Trinajstić information content (AvgIpc) is 2.16. The maximum Gasteiger partial charge on any atom is 0.310 e. The molecule has 0 aliphatic rings. The Bertz CT molecular complexity index is 374. The fraction of sp³-hybridized carbons (Fsp3) is 0.200. The fourth-order valence-corrected chi connectivity index (χ4v) is 1.28. The molecule has 0 fully saturated rings.